The molecule has 1 spiro atoms. The number of carbonyl (C=O) groups is 2. The summed E-state index contributed by atoms with van der Waals surface area (Å²) in [4.78, 5) is 41.8. The molecule has 8 rings (SSSR count). The molecule has 5 aromatic rings. The molecule has 246 valence electrons. The summed E-state index contributed by atoms with van der Waals surface area (Å²) in [6.45, 7) is 3.47. The minimum absolute atomic E-state index is 0.0987. The largest absolute Gasteiger partial charge is 0.338 e. The summed E-state index contributed by atoms with van der Waals surface area (Å²) < 4.78 is 1.69. The van der Waals surface area contributed by atoms with Crippen LogP contribution in [0.3, 0.4) is 0 Å². The molecule has 6 heterocycles. The zero-order valence-corrected chi connectivity index (χ0v) is 27.7. The summed E-state index contributed by atoms with van der Waals surface area (Å²) in [5.41, 5.74) is 5.98. The summed E-state index contributed by atoms with van der Waals surface area (Å²) in [5.74, 6) is 0.903. The van der Waals surface area contributed by atoms with Gasteiger partial charge >= 0.3 is 0 Å². The number of nitrogens with one attached hydrogen (secondary N) is 1. The van der Waals surface area contributed by atoms with Gasteiger partial charge < -0.3 is 9.80 Å². The number of amides is 2. The van der Waals surface area contributed by atoms with Crippen LogP contribution in [0.1, 0.15) is 30.5 Å². The van der Waals surface area contributed by atoms with Gasteiger partial charge in [-0.15, -0.1) is 0 Å². The van der Waals surface area contributed by atoms with Gasteiger partial charge in [0.1, 0.15) is 18.1 Å². The average molecular weight is 673 g/mol. The SMILES string of the molecule is Cn1cnc(-c2ccc(C3=CCN(C(=O)CN4CC[C@]5(CCN(c6ccc7[nH]nc(-c8cnc(C#N)c(Cl)c8)c7c6)C5=O)C4)CC3)cc2)n1. The van der Waals surface area contributed by atoms with Gasteiger partial charge in [0.15, 0.2) is 11.5 Å². The number of halogens is 1. The van der Waals surface area contributed by atoms with Crippen LogP contribution in [-0.2, 0) is 16.6 Å². The fourth-order valence-electron chi connectivity index (χ4n) is 7.33. The Kier molecular flexibility index (Phi) is 7.73. The second kappa shape index (κ2) is 12.3. The Morgan fingerprint density at radius 1 is 1.04 bits per heavy atom. The van der Waals surface area contributed by atoms with Crippen LogP contribution in [0, 0.1) is 16.7 Å². The van der Waals surface area contributed by atoms with Crippen LogP contribution < -0.4 is 4.90 Å². The molecule has 13 heteroatoms. The van der Waals surface area contributed by atoms with E-state index in [0.717, 1.165) is 53.5 Å². The number of hydrogen-bond donors (Lipinski definition) is 1. The van der Waals surface area contributed by atoms with E-state index in [9.17, 15) is 14.9 Å². The number of aromatic nitrogens is 6. The molecule has 49 heavy (non-hydrogen) atoms. The number of rotatable bonds is 6. The summed E-state index contributed by atoms with van der Waals surface area (Å²) >= 11 is 6.25. The number of likely N-dealkylation sites (tertiary alicyclic amines) is 1. The van der Waals surface area contributed by atoms with E-state index in [1.54, 1.807) is 23.3 Å². The van der Waals surface area contributed by atoms with E-state index in [1.165, 1.54) is 5.57 Å². The number of anilines is 1. The molecule has 1 atom stereocenters. The first-order chi connectivity index (χ1) is 23.8. The Balaban J connectivity index is 0.901. The maximum absolute atomic E-state index is 14.0. The molecule has 2 amide bonds. The van der Waals surface area contributed by atoms with Crippen molar-refractivity contribution >= 4 is 45.6 Å². The Hall–Kier alpha value is -5.38. The van der Waals surface area contributed by atoms with E-state index >= 15 is 0 Å². The number of H-pyrrole nitrogens is 1. The van der Waals surface area contributed by atoms with E-state index in [-0.39, 0.29) is 22.5 Å². The van der Waals surface area contributed by atoms with E-state index in [2.05, 4.69) is 48.4 Å². The predicted molar refractivity (Wildman–Crippen MR) is 185 cm³/mol. The summed E-state index contributed by atoms with van der Waals surface area (Å²) in [5, 5.41) is 22.2. The van der Waals surface area contributed by atoms with E-state index in [1.807, 2.05) is 53.2 Å². The minimum Gasteiger partial charge on any atom is -0.338 e. The van der Waals surface area contributed by atoms with E-state index < -0.39 is 5.41 Å². The van der Waals surface area contributed by atoms with Crippen LogP contribution >= 0.6 is 11.6 Å². The Morgan fingerprint density at radius 2 is 1.86 bits per heavy atom. The molecule has 0 saturated carbocycles. The topological polar surface area (TPSA) is 140 Å². The van der Waals surface area contributed by atoms with Gasteiger partial charge in [-0.2, -0.15) is 15.5 Å². The van der Waals surface area contributed by atoms with Crippen molar-refractivity contribution in [2.24, 2.45) is 12.5 Å². The highest BCUT2D eigenvalue weighted by Gasteiger charge is 2.51. The van der Waals surface area contributed by atoms with Crippen LogP contribution in [0.5, 0.6) is 0 Å². The number of pyridine rings is 1. The third kappa shape index (κ3) is 5.64. The number of carbonyl (C=O) groups excluding carboxylic acids is 2. The average Bonchev–Trinajstić information content (AvgIpc) is 3.92. The monoisotopic (exact) mass is 672 g/mol. The third-order valence-corrected chi connectivity index (χ3v) is 10.3. The molecule has 12 nitrogen and oxygen atoms in total. The normalized spacial score (nSPS) is 19.6. The lowest BCUT2D eigenvalue weighted by molar-refractivity contribution is -0.132. The maximum Gasteiger partial charge on any atom is 0.237 e. The number of aryl methyl sites for hydroxylation is 1. The van der Waals surface area contributed by atoms with Crippen molar-refractivity contribution in [3.63, 3.8) is 0 Å². The van der Waals surface area contributed by atoms with Crippen molar-refractivity contribution < 1.29 is 9.59 Å². The number of fused-ring (bicyclic) bond motifs is 1. The third-order valence-electron chi connectivity index (χ3n) is 10.1. The molecule has 2 aromatic carbocycles. The molecule has 0 radical (unpaired) electrons. The van der Waals surface area contributed by atoms with Crippen molar-refractivity contribution in [2.75, 3.05) is 44.2 Å². The van der Waals surface area contributed by atoms with Gasteiger partial charge in [0, 0.05) is 61.6 Å². The van der Waals surface area contributed by atoms with Crippen LogP contribution in [0.2, 0.25) is 5.02 Å². The van der Waals surface area contributed by atoms with Crippen molar-refractivity contribution in [3.8, 4) is 28.7 Å². The van der Waals surface area contributed by atoms with Gasteiger partial charge in [-0.3, -0.25) is 24.3 Å². The molecular formula is C36H33ClN10O2. The van der Waals surface area contributed by atoms with Crippen molar-refractivity contribution in [3.05, 3.63) is 83.4 Å². The summed E-state index contributed by atoms with van der Waals surface area (Å²) in [6.07, 6.45) is 7.69. The highest BCUT2D eigenvalue weighted by atomic mass is 35.5. The molecule has 0 unspecified atom stereocenters. The number of hydrogen-bond acceptors (Lipinski definition) is 8. The van der Waals surface area contributed by atoms with Crippen molar-refractivity contribution in [1.82, 2.24) is 39.7 Å². The summed E-state index contributed by atoms with van der Waals surface area (Å²) in [6, 6.07) is 17.7. The van der Waals surface area contributed by atoms with E-state index in [0.29, 0.717) is 49.8 Å². The van der Waals surface area contributed by atoms with Crippen LogP contribution in [0.25, 0.3) is 39.1 Å². The standard InChI is InChI=1S/C36H33ClN10O2/c1-44-22-40-34(43-44)25-4-2-23(3-5-25)24-8-12-46(13-9-24)32(48)20-45-14-10-36(21-45)11-15-47(35(36)49)27-6-7-30-28(17-27)33(42-41-30)26-16-29(37)31(18-38)39-19-26/h2-8,16-17,19,22H,9-15,20-21H2,1H3,(H,41,42)/t36-/m0/s1. The number of nitrogens with zero attached hydrogens (tertiary/aromatic N) is 9. The number of aromatic amines is 1. The first kappa shape index (κ1) is 30.9. The molecule has 0 aliphatic carbocycles. The number of benzene rings is 2. The fraction of sp³-hybridized carbons (Fsp3) is 0.306. The predicted octanol–water partition coefficient (Wildman–Crippen LogP) is 4.69. The van der Waals surface area contributed by atoms with Gasteiger partial charge in [0.2, 0.25) is 11.8 Å². The molecule has 3 aliphatic heterocycles. The highest BCUT2D eigenvalue weighted by molar-refractivity contribution is 6.31. The first-order valence-corrected chi connectivity index (χ1v) is 16.7. The highest BCUT2D eigenvalue weighted by Crippen LogP contribution is 2.43. The Bertz CT molecular complexity index is 2180. The van der Waals surface area contributed by atoms with Crippen LogP contribution in [0.4, 0.5) is 5.69 Å². The second-order valence-corrected chi connectivity index (χ2v) is 13.5. The minimum atomic E-state index is -0.495. The second-order valence-electron chi connectivity index (χ2n) is 13.1. The number of nitriles is 1. The molecule has 2 saturated heterocycles. The molecule has 2 fully saturated rings. The fourth-order valence-corrected chi connectivity index (χ4v) is 7.54. The van der Waals surface area contributed by atoms with Gasteiger partial charge in [0.05, 0.1) is 22.5 Å². The molecule has 3 aromatic heterocycles. The lowest BCUT2D eigenvalue weighted by Crippen LogP contribution is -2.43. The Morgan fingerprint density at radius 3 is 2.59 bits per heavy atom. The molecule has 0 bridgehead atoms. The zero-order chi connectivity index (χ0) is 33.7. The van der Waals surface area contributed by atoms with E-state index in [4.69, 9.17) is 11.6 Å². The molecule has 1 N–H and O–H groups in total. The first-order valence-electron chi connectivity index (χ1n) is 16.3. The van der Waals surface area contributed by atoms with Gasteiger partial charge in [0.25, 0.3) is 0 Å². The zero-order valence-electron chi connectivity index (χ0n) is 26.9. The van der Waals surface area contributed by atoms with Crippen molar-refractivity contribution in [1.29, 1.82) is 5.26 Å². The Labute approximate surface area is 287 Å². The quantitative estimate of drug-likeness (QED) is 0.274. The van der Waals surface area contributed by atoms with Gasteiger partial charge in [-0.25, -0.2) is 9.97 Å². The molecular weight excluding hydrogens is 640 g/mol. The van der Waals surface area contributed by atoms with Crippen molar-refractivity contribution in [2.45, 2.75) is 19.3 Å². The van der Waals surface area contributed by atoms with Crippen LogP contribution in [-0.4, -0.2) is 90.8 Å². The smallest absolute Gasteiger partial charge is 0.237 e. The summed E-state index contributed by atoms with van der Waals surface area (Å²) in [7, 11) is 1.85. The van der Waals surface area contributed by atoms with Gasteiger partial charge in [-0.1, -0.05) is 41.9 Å². The lowest BCUT2D eigenvalue weighted by atomic mass is 9.85. The lowest BCUT2D eigenvalue weighted by Gasteiger charge is -2.29. The van der Waals surface area contributed by atoms with Crippen LogP contribution in [0.15, 0.2) is 67.1 Å². The maximum atomic E-state index is 14.0. The molecule has 3 aliphatic rings. The van der Waals surface area contributed by atoms with Gasteiger partial charge in [-0.05, 0) is 61.2 Å².